The molecule has 0 saturated carbocycles. The van der Waals surface area contributed by atoms with Gasteiger partial charge in [0.2, 0.25) is 0 Å². The predicted octanol–water partition coefficient (Wildman–Crippen LogP) is 3.47. The van der Waals surface area contributed by atoms with Crippen molar-refractivity contribution in [2.45, 2.75) is 38.9 Å². The van der Waals surface area contributed by atoms with Crippen molar-refractivity contribution in [1.82, 2.24) is 0 Å². The quantitative estimate of drug-likeness (QED) is 0.639. The molecule has 0 amide bonds. The Morgan fingerprint density at radius 3 is 1.53 bits per heavy atom. The van der Waals surface area contributed by atoms with Crippen LogP contribution in [0, 0.1) is 11.6 Å². The minimum atomic E-state index is -0.817. The van der Waals surface area contributed by atoms with E-state index in [0.29, 0.717) is 0 Å². The van der Waals surface area contributed by atoms with E-state index in [0.717, 1.165) is 11.1 Å². The molecule has 3 heteroatoms. The number of benzene rings is 1. The zero-order valence-electron chi connectivity index (χ0n) is 9.32. The van der Waals surface area contributed by atoms with Gasteiger partial charge >= 0.3 is 0 Å². The normalized spacial score (nSPS) is 21.5. The Bertz CT molecular complexity index is 383. The molecule has 0 saturated heterocycles. The maximum Gasteiger partial charge on any atom is 0.159 e. The highest BCUT2D eigenvalue weighted by Gasteiger charge is 2.43. The van der Waals surface area contributed by atoms with E-state index in [9.17, 15) is 8.78 Å². The number of ether oxygens (including phenoxy) is 1. The third kappa shape index (κ3) is 1.46. The lowest BCUT2D eigenvalue weighted by molar-refractivity contribution is -0.105. The molecule has 1 aliphatic rings. The van der Waals surface area contributed by atoms with Crippen LogP contribution < -0.4 is 0 Å². The second-order valence-electron chi connectivity index (χ2n) is 4.93. The Kier molecular flexibility index (Phi) is 1.96. The average molecular weight is 212 g/mol. The number of hydrogen-bond acceptors (Lipinski definition) is 1. The molecule has 0 fully saturated rings. The first-order valence-electron chi connectivity index (χ1n) is 4.94. The van der Waals surface area contributed by atoms with Crippen molar-refractivity contribution >= 4 is 0 Å². The van der Waals surface area contributed by atoms with Crippen LogP contribution in [-0.2, 0) is 15.9 Å². The zero-order chi connectivity index (χ0) is 11.4. The third-order valence-electron chi connectivity index (χ3n) is 2.87. The minimum absolute atomic E-state index is 0.562. The lowest BCUT2D eigenvalue weighted by Crippen LogP contribution is -2.22. The van der Waals surface area contributed by atoms with Crippen molar-refractivity contribution in [2.24, 2.45) is 0 Å². The molecule has 82 valence electrons. The maximum atomic E-state index is 13.1. The molecule has 0 aliphatic carbocycles. The highest BCUT2D eigenvalue weighted by atomic mass is 19.2. The van der Waals surface area contributed by atoms with Crippen molar-refractivity contribution in [3.05, 3.63) is 34.9 Å². The number of hydrogen-bond donors (Lipinski definition) is 0. The van der Waals surface area contributed by atoms with Crippen LogP contribution in [-0.4, -0.2) is 0 Å². The molecule has 0 unspecified atom stereocenters. The van der Waals surface area contributed by atoms with E-state index >= 15 is 0 Å². The topological polar surface area (TPSA) is 9.23 Å². The average Bonchev–Trinajstić information content (AvgIpc) is 2.21. The molecule has 0 spiro atoms. The van der Waals surface area contributed by atoms with E-state index in [1.165, 1.54) is 12.1 Å². The van der Waals surface area contributed by atoms with Crippen molar-refractivity contribution in [2.75, 3.05) is 0 Å². The van der Waals surface area contributed by atoms with E-state index in [4.69, 9.17) is 4.74 Å². The van der Waals surface area contributed by atoms with Gasteiger partial charge in [0, 0.05) is 0 Å². The predicted molar refractivity (Wildman–Crippen MR) is 53.5 cm³/mol. The van der Waals surface area contributed by atoms with Crippen LogP contribution in [0.3, 0.4) is 0 Å². The molecule has 0 aromatic heterocycles. The van der Waals surface area contributed by atoms with Gasteiger partial charge in [-0.1, -0.05) is 0 Å². The summed E-state index contributed by atoms with van der Waals surface area (Å²) in [4.78, 5) is 0. The molecular weight excluding hydrogens is 198 g/mol. The first-order valence-corrected chi connectivity index (χ1v) is 4.94. The molecule has 1 aromatic carbocycles. The first kappa shape index (κ1) is 10.6. The number of fused-ring (bicyclic) bond motifs is 1. The van der Waals surface area contributed by atoms with Crippen molar-refractivity contribution in [3.8, 4) is 0 Å². The van der Waals surface area contributed by atoms with Crippen molar-refractivity contribution in [3.63, 3.8) is 0 Å². The van der Waals surface area contributed by atoms with Gasteiger partial charge in [-0.15, -0.1) is 0 Å². The molecule has 1 aliphatic heterocycles. The van der Waals surface area contributed by atoms with Crippen LogP contribution in [0.25, 0.3) is 0 Å². The van der Waals surface area contributed by atoms with Gasteiger partial charge in [0.1, 0.15) is 0 Å². The molecule has 1 nitrogen and oxygen atoms in total. The lowest BCUT2D eigenvalue weighted by Gasteiger charge is -2.24. The summed E-state index contributed by atoms with van der Waals surface area (Å²) in [5, 5.41) is 0. The molecule has 0 radical (unpaired) electrons. The first-order chi connectivity index (χ1) is 6.74. The standard InChI is InChI=1S/C12H14F2O/c1-11(2)7-5-9(13)10(14)6-8(7)12(3,4)15-11/h5-6H,1-4H3. The second kappa shape index (κ2) is 2.79. The monoisotopic (exact) mass is 212 g/mol. The van der Waals surface area contributed by atoms with Gasteiger partial charge in [0.25, 0.3) is 0 Å². The van der Waals surface area contributed by atoms with Gasteiger partial charge in [-0.3, -0.25) is 0 Å². The van der Waals surface area contributed by atoms with Gasteiger partial charge in [0.05, 0.1) is 11.2 Å². The minimum Gasteiger partial charge on any atom is -0.360 e. The van der Waals surface area contributed by atoms with Crippen LogP contribution in [0.4, 0.5) is 8.78 Å². The van der Waals surface area contributed by atoms with Crippen LogP contribution in [0.5, 0.6) is 0 Å². The summed E-state index contributed by atoms with van der Waals surface area (Å²) < 4.78 is 32.1. The summed E-state index contributed by atoms with van der Waals surface area (Å²) in [6, 6.07) is 2.47. The lowest BCUT2D eigenvalue weighted by atomic mass is 9.90. The number of halogens is 2. The van der Waals surface area contributed by atoms with E-state index in [1.807, 2.05) is 27.7 Å². The van der Waals surface area contributed by atoms with E-state index in [1.54, 1.807) is 0 Å². The molecule has 0 N–H and O–H groups in total. The summed E-state index contributed by atoms with van der Waals surface area (Å²) >= 11 is 0. The Balaban J connectivity index is 2.71. The summed E-state index contributed by atoms with van der Waals surface area (Å²) in [6.07, 6.45) is 0. The molecule has 2 rings (SSSR count). The number of rotatable bonds is 0. The zero-order valence-corrected chi connectivity index (χ0v) is 9.32. The highest BCUT2D eigenvalue weighted by Crippen LogP contribution is 2.46. The van der Waals surface area contributed by atoms with Gasteiger partial charge in [-0.05, 0) is 51.0 Å². The highest BCUT2D eigenvalue weighted by molar-refractivity contribution is 5.40. The second-order valence-corrected chi connectivity index (χ2v) is 4.93. The van der Waals surface area contributed by atoms with E-state index in [-0.39, 0.29) is 0 Å². The SMILES string of the molecule is CC1(C)OC(C)(C)c2cc(F)c(F)cc21. The summed E-state index contributed by atoms with van der Waals surface area (Å²) in [5.41, 5.74) is 0.332. The Labute approximate surface area is 88.1 Å². The van der Waals surface area contributed by atoms with E-state index in [2.05, 4.69) is 0 Å². The maximum absolute atomic E-state index is 13.1. The molecule has 15 heavy (non-hydrogen) atoms. The van der Waals surface area contributed by atoms with Crippen LogP contribution in [0.1, 0.15) is 38.8 Å². The molecule has 0 bridgehead atoms. The Morgan fingerprint density at radius 1 is 0.867 bits per heavy atom. The fraction of sp³-hybridized carbons (Fsp3) is 0.500. The fourth-order valence-corrected chi connectivity index (χ4v) is 2.29. The van der Waals surface area contributed by atoms with Crippen LogP contribution in [0.15, 0.2) is 12.1 Å². The Hall–Kier alpha value is -0.960. The third-order valence-corrected chi connectivity index (χ3v) is 2.87. The summed E-state index contributed by atoms with van der Waals surface area (Å²) in [6.45, 7) is 7.44. The van der Waals surface area contributed by atoms with Crippen molar-refractivity contribution < 1.29 is 13.5 Å². The van der Waals surface area contributed by atoms with Gasteiger partial charge in [0.15, 0.2) is 11.6 Å². The van der Waals surface area contributed by atoms with Gasteiger partial charge < -0.3 is 4.74 Å². The van der Waals surface area contributed by atoms with Crippen molar-refractivity contribution in [1.29, 1.82) is 0 Å². The van der Waals surface area contributed by atoms with Gasteiger partial charge in [-0.2, -0.15) is 0 Å². The van der Waals surface area contributed by atoms with Crippen LogP contribution in [0.2, 0.25) is 0 Å². The molecule has 1 heterocycles. The largest absolute Gasteiger partial charge is 0.360 e. The Morgan fingerprint density at radius 2 is 1.20 bits per heavy atom. The molecule has 1 aromatic rings. The molecule has 0 atom stereocenters. The summed E-state index contributed by atoms with van der Waals surface area (Å²) in [7, 11) is 0. The van der Waals surface area contributed by atoms with Gasteiger partial charge in [-0.25, -0.2) is 8.78 Å². The summed E-state index contributed by atoms with van der Waals surface area (Å²) in [5.74, 6) is -1.63. The smallest absolute Gasteiger partial charge is 0.159 e. The fourth-order valence-electron chi connectivity index (χ4n) is 2.29. The molecular formula is C12H14F2O. The van der Waals surface area contributed by atoms with Crippen LogP contribution >= 0.6 is 0 Å². The van der Waals surface area contributed by atoms with E-state index < -0.39 is 22.8 Å².